The summed E-state index contributed by atoms with van der Waals surface area (Å²) < 4.78 is 83.2. The molecule has 0 spiro atoms. The standard InChI is InChI=1S/C21H13F6N3O3/c22-20(23,24)12-8-13(21(25,26)27)10-15(9-12)30-19(32)18(31)29-14-2-1-3-17(11-14)33-16-4-6-28-7-5-16/h1-11H,(H,29,31)(H,30,32). The van der Waals surface area contributed by atoms with Crippen molar-refractivity contribution in [3.8, 4) is 11.5 Å². The molecule has 172 valence electrons. The van der Waals surface area contributed by atoms with Gasteiger partial charge in [0.25, 0.3) is 0 Å². The van der Waals surface area contributed by atoms with E-state index >= 15 is 0 Å². The summed E-state index contributed by atoms with van der Waals surface area (Å²) in [5.41, 5.74) is -4.00. The first-order valence-corrected chi connectivity index (χ1v) is 9.01. The van der Waals surface area contributed by atoms with Crippen LogP contribution >= 0.6 is 0 Å². The molecule has 0 unspecified atom stereocenters. The monoisotopic (exact) mass is 469 g/mol. The predicted octanol–water partition coefficient (Wildman–Crippen LogP) is 5.49. The van der Waals surface area contributed by atoms with Gasteiger partial charge in [0.2, 0.25) is 0 Å². The number of ether oxygens (including phenoxy) is 1. The van der Waals surface area contributed by atoms with Gasteiger partial charge in [-0.2, -0.15) is 26.3 Å². The molecule has 33 heavy (non-hydrogen) atoms. The number of nitrogens with one attached hydrogen (secondary N) is 2. The van der Waals surface area contributed by atoms with E-state index in [1.165, 1.54) is 30.6 Å². The van der Waals surface area contributed by atoms with Gasteiger partial charge in [-0.1, -0.05) is 6.07 Å². The lowest BCUT2D eigenvalue weighted by molar-refractivity contribution is -0.143. The van der Waals surface area contributed by atoms with Crippen LogP contribution in [0.4, 0.5) is 37.7 Å². The number of hydrogen-bond acceptors (Lipinski definition) is 4. The Labute approximate surface area is 182 Å². The highest BCUT2D eigenvalue weighted by atomic mass is 19.4. The third-order valence-electron chi connectivity index (χ3n) is 4.03. The predicted molar refractivity (Wildman–Crippen MR) is 104 cm³/mol. The van der Waals surface area contributed by atoms with Gasteiger partial charge in [0.05, 0.1) is 11.1 Å². The summed E-state index contributed by atoms with van der Waals surface area (Å²) in [4.78, 5) is 28.1. The molecule has 1 heterocycles. The second-order valence-electron chi connectivity index (χ2n) is 6.52. The van der Waals surface area contributed by atoms with E-state index in [9.17, 15) is 35.9 Å². The molecule has 0 saturated heterocycles. The minimum absolute atomic E-state index is 0.0932. The average Bonchev–Trinajstić information content (AvgIpc) is 2.73. The van der Waals surface area contributed by atoms with Gasteiger partial charge in [0, 0.05) is 29.8 Å². The quantitative estimate of drug-likeness (QED) is 0.391. The number of halogens is 6. The molecular formula is C21H13F6N3O3. The molecule has 1 aromatic heterocycles. The summed E-state index contributed by atoms with van der Waals surface area (Å²) in [7, 11) is 0. The van der Waals surface area contributed by atoms with Crippen LogP contribution in [0.5, 0.6) is 11.5 Å². The zero-order valence-corrected chi connectivity index (χ0v) is 16.3. The van der Waals surface area contributed by atoms with Crippen molar-refractivity contribution < 1.29 is 40.7 Å². The lowest BCUT2D eigenvalue weighted by Crippen LogP contribution is -2.29. The van der Waals surface area contributed by atoms with Crippen molar-refractivity contribution in [1.29, 1.82) is 0 Å². The molecule has 0 radical (unpaired) electrons. The van der Waals surface area contributed by atoms with Gasteiger partial charge < -0.3 is 15.4 Å². The van der Waals surface area contributed by atoms with Crippen molar-refractivity contribution in [3.05, 3.63) is 78.1 Å². The molecule has 0 aliphatic heterocycles. The Bertz CT molecular complexity index is 1130. The third kappa shape index (κ3) is 6.45. The first-order chi connectivity index (χ1) is 15.4. The van der Waals surface area contributed by atoms with Gasteiger partial charge in [0.1, 0.15) is 11.5 Å². The van der Waals surface area contributed by atoms with Crippen LogP contribution in [-0.4, -0.2) is 16.8 Å². The second-order valence-corrected chi connectivity index (χ2v) is 6.52. The number of anilines is 2. The molecule has 2 aromatic carbocycles. The molecule has 0 aliphatic rings. The van der Waals surface area contributed by atoms with Crippen molar-refractivity contribution in [2.45, 2.75) is 12.4 Å². The first kappa shape index (κ1) is 23.6. The Kier molecular flexibility index (Phi) is 6.56. The van der Waals surface area contributed by atoms with Gasteiger partial charge in [0.15, 0.2) is 0 Å². The zero-order valence-electron chi connectivity index (χ0n) is 16.3. The molecular weight excluding hydrogens is 456 g/mol. The Morgan fingerprint density at radius 2 is 1.24 bits per heavy atom. The highest BCUT2D eigenvalue weighted by Gasteiger charge is 2.37. The van der Waals surface area contributed by atoms with Crippen LogP contribution in [0.1, 0.15) is 11.1 Å². The van der Waals surface area contributed by atoms with Crippen LogP contribution < -0.4 is 15.4 Å². The molecule has 6 nitrogen and oxygen atoms in total. The smallest absolute Gasteiger partial charge is 0.416 e. The van der Waals surface area contributed by atoms with Gasteiger partial charge in [-0.05, 0) is 42.5 Å². The maximum atomic E-state index is 12.9. The van der Waals surface area contributed by atoms with E-state index < -0.39 is 41.0 Å². The number of rotatable bonds is 4. The van der Waals surface area contributed by atoms with Crippen LogP contribution in [0.15, 0.2) is 67.0 Å². The van der Waals surface area contributed by atoms with Crippen LogP contribution in [0.3, 0.4) is 0 Å². The molecule has 12 heteroatoms. The number of amides is 2. The fourth-order valence-corrected chi connectivity index (χ4v) is 2.58. The first-order valence-electron chi connectivity index (χ1n) is 9.01. The summed E-state index contributed by atoms with van der Waals surface area (Å²) in [6.45, 7) is 0. The lowest BCUT2D eigenvalue weighted by Gasteiger charge is -2.14. The highest BCUT2D eigenvalue weighted by Crippen LogP contribution is 2.37. The summed E-state index contributed by atoms with van der Waals surface area (Å²) in [6, 6.07) is 9.45. The Morgan fingerprint density at radius 3 is 1.79 bits per heavy atom. The maximum Gasteiger partial charge on any atom is 0.416 e. The van der Waals surface area contributed by atoms with E-state index in [1.807, 2.05) is 0 Å². The van der Waals surface area contributed by atoms with E-state index in [2.05, 4.69) is 10.3 Å². The van der Waals surface area contributed by atoms with Crippen molar-refractivity contribution >= 4 is 23.2 Å². The van der Waals surface area contributed by atoms with Crippen molar-refractivity contribution in [2.24, 2.45) is 0 Å². The number of aromatic nitrogens is 1. The van der Waals surface area contributed by atoms with Crippen molar-refractivity contribution in [3.63, 3.8) is 0 Å². The molecule has 0 saturated carbocycles. The minimum Gasteiger partial charge on any atom is -0.457 e. The summed E-state index contributed by atoms with van der Waals surface area (Å²) >= 11 is 0. The van der Waals surface area contributed by atoms with Crippen LogP contribution in [0.25, 0.3) is 0 Å². The third-order valence-corrected chi connectivity index (χ3v) is 4.03. The zero-order chi connectivity index (χ0) is 24.2. The number of pyridine rings is 1. The normalized spacial score (nSPS) is 11.6. The molecule has 0 fully saturated rings. The van der Waals surface area contributed by atoms with Gasteiger partial charge in [-0.15, -0.1) is 0 Å². The Morgan fingerprint density at radius 1 is 0.697 bits per heavy atom. The number of hydrogen-bond donors (Lipinski definition) is 2. The van der Waals surface area contributed by atoms with E-state index in [0.717, 1.165) is 0 Å². The molecule has 2 amide bonds. The fraction of sp³-hybridized carbons (Fsp3) is 0.0952. The summed E-state index contributed by atoms with van der Waals surface area (Å²) in [5, 5.41) is 3.94. The number of nitrogens with zero attached hydrogens (tertiary/aromatic N) is 1. The fourth-order valence-electron chi connectivity index (χ4n) is 2.58. The maximum absolute atomic E-state index is 12.9. The van der Waals surface area contributed by atoms with E-state index in [4.69, 9.17) is 4.74 Å². The highest BCUT2D eigenvalue weighted by molar-refractivity contribution is 6.43. The van der Waals surface area contributed by atoms with Gasteiger partial charge >= 0.3 is 24.2 Å². The Hall–Kier alpha value is -4.09. The second kappa shape index (κ2) is 9.18. The SMILES string of the molecule is O=C(Nc1cccc(Oc2ccncc2)c1)C(=O)Nc1cc(C(F)(F)F)cc(C(F)(F)F)c1. The number of alkyl halides is 6. The molecule has 2 N–H and O–H groups in total. The van der Waals surface area contributed by atoms with Gasteiger partial charge in [-0.3, -0.25) is 14.6 Å². The number of carbonyl (C=O) groups is 2. The minimum atomic E-state index is -5.10. The number of benzene rings is 2. The average molecular weight is 469 g/mol. The molecule has 0 atom stereocenters. The van der Waals surface area contributed by atoms with Crippen LogP contribution in [0, 0.1) is 0 Å². The number of carbonyl (C=O) groups excluding carboxylic acids is 2. The molecule has 0 aliphatic carbocycles. The van der Waals surface area contributed by atoms with Crippen molar-refractivity contribution in [1.82, 2.24) is 4.98 Å². The van der Waals surface area contributed by atoms with Gasteiger partial charge in [-0.25, -0.2) is 0 Å². The van der Waals surface area contributed by atoms with Crippen LogP contribution in [0.2, 0.25) is 0 Å². The van der Waals surface area contributed by atoms with E-state index in [-0.39, 0.29) is 17.5 Å². The largest absolute Gasteiger partial charge is 0.457 e. The molecule has 3 aromatic rings. The topological polar surface area (TPSA) is 80.3 Å². The summed E-state index contributed by atoms with van der Waals surface area (Å²) in [6.07, 6.45) is -7.22. The molecule has 3 rings (SSSR count). The van der Waals surface area contributed by atoms with E-state index in [1.54, 1.807) is 23.5 Å². The lowest BCUT2D eigenvalue weighted by atomic mass is 10.1. The van der Waals surface area contributed by atoms with Crippen LogP contribution in [-0.2, 0) is 21.9 Å². The summed E-state index contributed by atoms with van der Waals surface area (Å²) in [5.74, 6) is -2.06. The van der Waals surface area contributed by atoms with Crippen molar-refractivity contribution in [2.75, 3.05) is 10.6 Å². The molecule has 0 bridgehead atoms. The van der Waals surface area contributed by atoms with E-state index in [0.29, 0.717) is 17.9 Å². The Balaban J connectivity index is 1.74.